The summed E-state index contributed by atoms with van der Waals surface area (Å²) in [5, 5.41) is 10.4. The van der Waals surface area contributed by atoms with Crippen molar-refractivity contribution >= 4 is 33.5 Å². The fourth-order valence-electron chi connectivity index (χ4n) is 3.63. The molecule has 8 heteroatoms. The predicted molar refractivity (Wildman–Crippen MR) is 121 cm³/mol. The molecule has 0 bridgehead atoms. The molecule has 1 N–H and O–H groups in total. The Hall–Kier alpha value is -2.64. The van der Waals surface area contributed by atoms with Gasteiger partial charge in [0.25, 0.3) is 5.56 Å². The van der Waals surface area contributed by atoms with Gasteiger partial charge in [0.15, 0.2) is 10.4 Å². The summed E-state index contributed by atoms with van der Waals surface area (Å²) in [5.41, 5.74) is 2.91. The van der Waals surface area contributed by atoms with Gasteiger partial charge in [0.1, 0.15) is 0 Å². The molecule has 0 amide bonds. The van der Waals surface area contributed by atoms with Gasteiger partial charge in [-0.15, -0.1) is 6.58 Å². The van der Waals surface area contributed by atoms with Crippen molar-refractivity contribution in [3.63, 3.8) is 0 Å². The van der Waals surface area contributed by atoms with Crippen molar-refractivity contribution in [3.8, 4) is 0 Å². The summed E-state index contributed by atoms with van der Waals surface area (Å²) >= 11 is 9.46. The minimum atomic E-state index is -1.11. The molecule has 3 rings (SSSR count). The summed E-state index contributed by atoms with van der Waals surface area (Å²) in [6.45, 7) is 5.94. The van der Waals surface area contributed by atoms with Crippen molar-refractivity contribution in [2.45, 2.75) is 25.8 Å². The first-order valence-electron chi connectivity index (χ1n) is 9.24. The number of carboxylic acids is 1. The van der Waals surface area contributed by atoms with E-state index in [9.17, 15) is 14.7 Å². The molecule has 0 fully saturated rings. The van der Waals surface area contributed by atoms with E-state index in [2.05, 4.69) is 27.5 Å². The van der Waals surface area contributed by atoms with Crippen LogP contribution in [0.1, 0.15) is 38.8 Å². The first-order chi connectivity index (χ1) is 14.2. The molecular weight excluding hydrogens is 470 g/mol. The molecule has 6 nitrogen and oxygen atoms in total. The number of imidazole rings is 1. The lowest BCUT2D eigenvalue weighted by Crippen LogP contribution is -2.21. The van der Waals surface area contributed by atoms with Gasteiger partial charge in [-0.05, 0) is 58.6 Å². The standard InChI is InChI=1S/C22H21BrClN3O3/c1-4-9-27-19(18(21(29)30)25-22(27)23)17(15-5-7-16(24)8-6-15)11-14-10-13(2)20(28)26(3)12-14/h4-8,10,12,17H,1,9,11H2,2-3H3,(H,29,30). The molecule has 0 radical (unpaired) electrons. The van der Waals surface area contributed by atoms with Gasteiger partial charge in [0, 0.05) is 36.3 Å². The summed E-state index contributed by atoms with van der Waals surface area (Å²) in [4.78, 5) is 28.3. The van der Waals surface area contributed by atoms with Gasteiger partial charge < -0.3 is 14.2 Å². The lowest BCUT2D eigenvalue weighted by molar-refractivity contribution is 0.0689. The van der Waals surface area contributed by atoms with Crippen molar-refractivity contribution in [1.29, 1.82) is 0 Å². The van der Waals surface area contributed by atoms with E-state index >= 15 is 0 Å². The Morgan fingerprint density at radius 2 is 2.03 bits per heavy atom. The van der Waals surface area contributed by atoms with Crippen LogP contribution in [-0.2, 0) is 20.0 Å². The molecule has 1 unspecified atom stereocenters. The average molecular weight is 491 g/mol. The second-order valence-corrected chi connectivity index (χ2v) is 8.22. The van der Waals surface area contributed by atoms with Crippen LogP contribution in [0.15, 0.2) is 58.7 Å². The van der Waals surface area contributed by atoms with Crippen molar-refractivity contribution in [2.75, 3.05) is 0 Å². The third-order valence-electron chi connectivity index (χ3n) is 4.94. The number of benzene rings is 1. The zero-order valence-corrected chi connectivity index (χ0v) is 18.9. The monoisotopic (exact) mass is 489 g/mol. The Morgan fingerprint density at radius 3 is 2.60 bits per heavy atom. The minimum absolute atomic E-state index is 0.0229. The molecule has 0 aliphatic heterocycles. The maximum absolute atomic E-state index is 12.1. The number of hydrogen-bond acceptors (Lipinski definition) is 3. The molecule has 30 heavy (non-hydrogen) atoms. The molecule has 0 saturated heterocycles. The predicted octanol–water partition coefficient (Wildman–Crippen LogP) is 4.56. The van der Waals surface area contributed by atoms with E-state index in [1.807, 2.05) is 18.2 Å². The van der Waals surface area contributed by atoms with Crippen LogP contribution in [0.2, 0.25) is 5.02 Å². The second kappa shape index (κ2) is 9.02. The van der Waals surface area contributed by atoms with E-state index in [4.69, 9.17) is 11.6 Å². The zero-order valence-electron chi connectivity index (χ0n) is 16.6. The van der Waals surface area contributed by atoms with E-state index in [1.54, 1.807) is 47.5 Å². The highest BCUT2D eigenvalue weighted by atomic mass is 79.9. The molecule has 1 atom stereocenters. The van der Waals surface area contributed by atoms with Crippen molar-refractivity contribution in [2.24, 2.45) is 7.05 Å². The van der Waals surface area contributed by atoms with Gasteiger partial charge in [0.05, 0.1) is 5.69 Å². The van der Waals surface area contributed by atoms with Gasteiger partial charge in [-0.3, -0.25) is 4.79 Å². The first kappa shape index (κ1) is 22.1. The Balaban J connectivity index is 2.23. The number of allylic oxidation sites excluding steroid dienone is 1. The normalized spacial score (nSPS) is 12.0. The van der Waals surface area contributed by atoms with Gasteiger partial charge in [0.2, 0.25) is 0 Å². The van der Waals surface area contributed by atoms with Crippen LogP contribution >= 0.6 is 27.5 Å². The number of halogens is 2. The Labute approximate surface area is 187 Å². The lowest BCUT2D eigenvalue weighted by Gasteiger charge is -2.21. The molecule has 3 aromatic rings. The van der Waals surface area contributed by atoms with Gasteiger partial charge in [-0.1, -0.05) is 29.8 Å². The number of carbonyl (C=O) groups is 1. The smallest absolute Gasteiger partial charge is 0.356 e. The summed E-state index contributed by atoms with van der Waals surface area (Å²) in [6.07, 6.45) is 3.95. The highest BCUT2D eigenvalue weighted by molar-refractivity contribution is 9.10. The number of nitrogens with zero attached hydrogens (tertiary/aromatic N) is 3. The Morgan fingerprint density at radius 1 is 1.37 bits per heavy atom. The largest absolute Gasteiger partial charge is 0.476 e. The van der Waals surface area contributed by atoms with Crippen LogP contribution in [0.3, 0.4) is 0 Å². The topological polar surface area (TPSA) is 77.1 Å². The number of aromatic carboxylic acids is 1. The number of aromatic nitrogens is 3. The van der Waals surface area contributed by atoms with Gasteiger partial charge in [-0.2, -0.15) is 0 Å². The molecule has 2 heterocycles. The molecular formula is C22H21BrClN3O3. The van der Waals surface area contributed by atoms with E-state index in [0.29, 0.717) is 34.0 Å². The second-order valence-electron chi connectivity index (χ2n) is 7.07. The Kier molecular flexibility index (Phi) is 6.63. The minimum Gasteiger partial charge on any atom is -0.476 e. The summed E-state index contributed by atoms with van der Waals surface area (Å²) in [7, 11) is 1.71. The van der Waals surface area contributed by atoms with Gasteiger partial charge in [-0.25, -0.2) is 9.78 Å². The van der Waals surface area contributed by atoms with Crippen LogP contribution in [0.4, 0.5) is 0 Å². The number of aryl methyl sites for hydroxylation is 2. The third-order valence-corrected chi connectivity index (χ3v) is 5.79. The lowest BCUT2D eigenvalue weighted by atomic mass is 9.88. The maximum atomic E-state index is 12.1. The van der Waals surface area contributed by atoms with E-state index in [-0.39, 0.29) is 17.2 Å². The highest BCUT2D eigenvalue weighted by Crippen LogP contribution is 2.34. The van der Waals surface area contributed by atoms with Crippen molar-refractivity contribution < 1.29 is 9.90 Å². The molecule has 156 valence electrons. The Bertz CT molecular complexity index is 1140. The van der Waals surface area contributed by atoms with Crippen LogP contribution in [0.5, 0.6) is 0 Å². The molecule has 0 saturated carbocycles. The van der Waals surface area contributed by atoms with Crippen LogP contribution in [0, 0.1) is 6.92 Å². The van der Waals surface area contributed by atoms with Crippen LogP contribution < -0.4 is 5.56 Å². The molecule has 0 spiro atoms. The van der Waals surface area contributed by atoms with Gasteiger partial charge >= 0.3 is 5.97 Å². The number of rotatable bonds is 7. The molecule has 2 aromatic heterocycles. The quantitative estimate of drug-likeness (QED) is 0.492. The van der Waals surface area contributed by atoms with Crippen LogP contribution in [0.25, 0.3) is 0 Å². The van der Waals surface area contributed by atoms with Crippen molar-refractivity contribution in [3.05, 3.63) is 97.4 Å². The SMILES string of the molecule is C=CCn1c(Br)nc(C(=O)O)c1C(Cc1cc(C)c(=O)n(C)c1)c1ccc(Cl)cc1. The highest BCUT2D eigenvalue weighted by Gasteiger charge is 2.29. The number of pyridine rings is 1. The fourth-order valence-corrected chi connectivity index (χ4v) is 4.27. The zero-order chi connectivity index (χ0) is 22.0. The fraction of sp³-hybridized carbons (Fsp3) is 0.227. The summed E-state index contributed by atoms with van der Waals surface area (Å²) in [5.74, 6) is -1.44. The first-order valence-corrected chi connectivity index (χ1v) is 10.4. The molecule has 0 aliphatic rings. The van der Waals surface area contributed by atoms with E-state index < -0.39 is 5.97 Å². The average Bonchev–Trinajstić information content (AvgIpc) is 3.02. The maximum Gasteiger partial charge on any atom is 0.356 e. The third kappa shape index (κ3) is 4.42. The summed E-state index contributed by atoms with van der Waals surface area (Å²) < 4.78 is 3.76. The van der Waals surface area contributed by atoms with E-state index in [1.165, 1.54) is 0 Å². The molecule has 0 aliphatic carbocycles. The van der Waals surface area contributed by atoms with E-state index in [0.717, 1.165) is 11.1 Å². The summed E-state index contributed by atoms with van der Waals surface area (Å²) in [6, 6.07) is 9.16. The van der Waals surface area contributed by atoms with Crippen molar-refractivity contribution in [1.82, 2.24) is 14.1 Å². The molecule has 1 aromatic carbocycles. The number of hydrogen-bond donors (Lipinski definition) is 1. The van der Waals surface area contributed by atoms with Crippen LogP contribution in [-0.4, -0.2) is 25.2 Å². The number of carboxylic acid groups (broad SMARTS) is 1.